The van der Waals surface area contributed by atoms with Crippen molar-refractivity contribution >= 4 is 5.78 Å². The Morgan fingerprint density at radius 2 is 2.06 bits per heavy atom. The number of pyridine rings is 1. The molecular weight excluding hydrogens is 226 g/mol. The minimum absolute atomic E-state index is 0.292. The van der Waals surface area contributed by atoms with Crippen molar-refractivity contribution in [3.8, 4) is 0 Å². The van der Waals surface area contributed by atoms with Crippen LogP contribution in [-0.2, 0) is 24.7 Å². The van der Waals surface area contributed by atoms with Crippen molar-refractivity contribution in [2.75, 3.05) is 0 Å². The van der Waals surface area contributed by atoms with E-state index in [9.17, 15) is 4.79 Å². The summed E-state index contributed by atoms with van der Waals surface area (Å²) in [5.74, 6) is 0.292. The summed E-state index contributed by atoms with van der Waals surface area (Å²) in [6.07, 6.45) is 8.03. The number of ketones is 1. The van der Waals surface area contributed by atoms with Crippen molar-refractivity contribution < 1.29 is 4.79 Å². The average molecular weight is 243 g/mol. The zero-order valence-electron chi connectivity index (χ0n) is 10.5. The van der Waals surface area contributed by atoms with E-state index in [0.29, 0.717) is 18.6 Å². The second kappa shape index (κ2) is 6.10. The Balaban J connectivity index is 1.75. The van der Waals surface area contributed by atoms with Gasteiger partial charge in [-0.15, -0.1) is 0 Å². The molecule has 0 aliphatic heterocycles. The minimum atomic E-state index is 0.292. The lowest BCUT2D eigenvalue weighted by molar-refractivity contribution is -0.119. The molecule has 0 N–H and O–H groups in total. The highest BCUT2D eigenvalue weighted by Crippen LogP contribution is 2.06. The summed E-state index contributed by atoms with van der Waals surface area (Å²) in [5, 5.41) is 4.09. The number of hydrogen-bond acceptors (Lipinski definition) is 3. The summed E-state index contributed by atoms with van der Waals surface area (Å²) in [6, 6.07) is 5.85. The molecule has 0 fully saturated rings. The first-order valence-electron chi connectivity index (χ1n) is 6.13. The Morgan fingerprint density at radius 1 is 1.22 bits per heavy atom. The lowest BCUT2D eigenvalue weighted by Crippen LogP contribution is -2.05. The number of aryl methyl sites for hydroxylation is 3. The molecule has 2 aromatic rings. The highest BCUT2D eigenvalue weighted by atomic mass is 16.1. The van der Waals surface area contributed by atoms with E-state index in [1.807, 2.05) is 36.1 Å². The molecule has 0 unspecified atom stereocenters. The maximum absolute atomic E-state index is 11.8. The van der Waals surface area contributed by atoms with Crippen LogP contribution in [0.25, 0.3) is 0 Å². The molecule has 0 saturated heterocycles. The van der Waals surface area contributed by atoms with Gasteiger partial charge in [-0.25, -0.2) is 0 Å². The SMILES string of the molecule is Cn1nccc1CCC(=O)CCc1cccnc1. The minimum Gasteiger partial charge on any atom is -0.300 e. The Kier molecular flexibility index (Phi) is 4.23. The third-order valence-corrected chi connectivity index (χ3v) is 3.00. The second-order valence-corrected chi connectivity index (χ2v) is 4.35. The molecule has 0 spiro atoms. The van der Waals surface area contributed by atoms with Gasteiger partial charge in [0, 0.05) is 44.2 Å². The van der Waals surface area contributed by atoms with Crippen LogP contribution < -0.4 is 0 Å². The van der Waals surface area contributed by atoms with Gasteiger partial charge >= 0.3 is 0 Å². The Labute approximate surface area is 107 Å². The molecule has 0 aliphatic rings. The van der Waals surface area contributed by atoms with E-state index in [-0.39, 0.29) is 0 Å². The van der Waals surface area contributed by atoms with Gasteiger partial charge in [0.15, 0.2) is 0 Å². The summed E-state index contributed by atoms with van der Waals surface area (Å²) in [6.45, 7) is 0. The van der Waals surface area contributed by atoms with E-state index in [0.717, 1.165) is 24.1 Å². The summed E-state index contributed by atoms with van der Waals surface area (Å²) in [5.41, 5.74) is 2.22. The summed E-state index contributed by atoms with van der Waals surface area (Å²) >= 11 is 0. The van der Waals surface area contributed by atoms with Crippen LogP contribution in [0.3, 0.4) is 0 Å². The third-order valence-electron chi connectivity index (χ3n) is 3.00. The fraction of sp³-hybridized carbons (Fsp3) is 0.357. The normalized spacial score (nSPS) is 10.5. The van der Waals surface area contributed by atoms with Gasteiger partial charge in [0.05, 0.1) is 0 Å². The third kappa shape index (κ3) is 3.52. The van der Waals surface area contributed by atoms with Crippen LogP contribution in [0.1, 0.15) is 24.1 Å². The predicted octanol–water partition coefficient (Wildman–Crippen LogP) is 1.95. The molecule has 2 rings (SSSR count). The van der Waals surface area contributed by atoms with E-state index in [1.165, 1.54) is 0 Å². The van der Waals surface area contributed by atoms with E-state index < -0.39 is 0 Å². The number of aromatic nitrogens is 3. The molecule has 0 bridgehead atoms. The van der Waals surface area contributed by atoms with E-state index in [4.69, 9.17) is 0 Å². The van der Waals surface area contributed by atoms with E-state index in [1.54, 1.807) is 12.4 Å². The van der Waals surface area contributed by atoms with Gasteiger partial charge in [0.1, 0.15) is 5.78 Å². The van der Waals surface area contributed by atoms with Gasteiger partial charge in [-0.1, -0.05) is 6.07 Å². The summed E-state index contributed by atoms with van der Waals surface area (Å²) in [4.78, 5) is 15.8. The quantitative estimate of drug-likeness (QED) is 0.779. The first-order valence-corrected chi connectivity index (χ1v) is 6.13. The zero-order chi connectivity index (χ0) is 12.8. The molecule has 0 atom stereocenters. The maximum Gasteiger partial charge on any atom is 0.133 e. The second-order valence-electron chi connectivity index (χ2n) is 4.35. The molecule has 0 aliphatic carbocycles. The number of carbonyl (C=O) groups excluding carboxylic acids is 1. The maximum atomic E-state index is 11.8. The Bertz CT molecular complexity index is 505. The van der Waals surface area contributed by atoms with Gasteiger partial charge < -0.3 is 0 Å². The highest BCUT2D eigenvalue weighted by molar-refractivity contribution is 5.78. The van der Waals surface area contributed by atoms with Crippen LogP contribution in [0.5, 0.6) is 0 Å². The number of Topliss-reactive ketones (excluding diaryl/α,β-unsaturated/α-hetero) is 1. The van der Waals surface area contributed by atoms with Crippen molar-refractivity contribution in [1.82, 2.24) is 14.8 Å². The fourth-order valence-corrected chi connectivity index (χ4v) is 1.87. The van der Waals surface area contributed by atoms with E-state index >= 15 is 0 Å². The number of rotatable bonds is 6. The van der Waals surface area contributed by atoms with Crippen molar-refractivity contribution in [1.29, 1.82) is 0 Å². The molecule has 0 saturated carbocycles. The van der Waals surface area contributed by atoms with Gasteiger partial charge in [-0.05, 0) is 30.5 Å². The summed E-state index contributed by atoms with van der Waals surface area (Å²) in [7, 11) is 1.90. The van der Waals surface area contributed by atoms with Crippen LogP contribution in [0, 0.1) is 0 Å². The van der Waals surface area contributed by atoms with Crippen molar-refractivity contribution in [2.24, 2.45) is 7.05 Å². The molecule has 18 heavy (non-hydrogen) atoms. The predicted molar refractivity (Wildman–Crippen MR) is 69.1 cm³/mol. The van der Waals surface area contributed by atoms with Gasteiger partial charge in [-0.2, -0.15) is 5.10 Å². The largest absolute Gasteiger partial charge is 0.300 e. The molecule has 0 aromatic carbocycles. The Morgan fingerprint density at radius 3 is 2.72 bits per heavy atom. The van der Waals surface area contributed by atoms with Gasteiger partial charge in [-0.3, -0.25) is 14.5 Å². The smallest absolute Gasteiger partial charge is 0.133 e. The molecule has 0 radical (unpaired) electrons. The van der Waals surface area contributed by atoms with Crippen LogP contribution >= 0.6 is 0 Å². The first-order chi connectivity index (χ1) is 8.75. The topological polar surface area (TPSA) is 47.8 Å². The molecule has 94 valence electrons. The van der Waals surface area contributed by atoms with E-state index in [2.05, 4.69) is 10.1 Å². The lowest BCUT2D eigenvalue weighted by Gasteiger charge is -2.02. The molecule has 0 amide bonds. The van der Waals surface area contributed by atoms with Crippen LogP contribution in [0.2, 0.25) is 0 Å². The number of carbonyl (C=O) groups is 1. The van der Waals surface area contributed by atoms with Crippen molar-refractivity contribution in [3.05, 3.63) is 48.0 Å². The zero-order valence-corrected chi connectivity index (χ0v) is 10.5. The Hall–Kier alpha value is -1.97. The molecule has 2 heterocycles. The monoisotopic (exact) mass is 243 g/mol. The van der Waals surface area contributed by atoms with Crippen molar-refractivity contribution in [2.45, 2.75) is 25.7 Å². The lowest BCUT2D eigenvalue weighted by atomic mass is 10.1. The van der Waals surface area contributed by atoms with Crippen LogP contribution in [0.4, 0.5) is 0 Å². The number of hydrogen-bond donors (Lipinski definition) is 0. The number of nitrogens with zero attached hydrogens (tertiary/aromatic N) is 3. The molecule has 4 nitrogen and oxygen atoms in total. The van der Waals surface area contributed by atoms with Crippen LogP contribution in [0.15, 0.2) is 36.8 Å². The fourth-order valence-electron chi connectivity index (χ4n) is 1.87. The first kappa shape index (κ1) is 12.5. The average Bonchev–Trinajstić information content (AvgIpc) is 2.81. The van der Waals surface area contributed by atoms with Gasteiger partial charge in [0.25, 0.3) is 0 Å². The molecule has 2 aromatic heterocycles. The van der Waals surface area contributed by atoms with Gasteiger partial charge in [0.2, 0.25) is 0 Å². The summed E-state index contributed by atoms with van der Waals surface area (Å²) < 4.78 is 1.81. The standard InChI is InChI=1S/C14H17N3O/c1-17-13(8-10-16-17)5-7-14(18)6-4-12-3-2-9-15-11-12/h2-3,8-11H,4-7H2,1H3. The highest BCUT2D eigenvalue weighted by Gasteiger charge is 2.05. The van der Waals surface area contributed by atoms with Crippen molar-refractivity contribution in [3.63, 3.8) is 0 Å². The molecular formula is C14H17N3O. The molecule has 4 heteroatoms. The van der Waals surface area contributed by atoms with Crippen LogP contribution in [-0.4, -0.2) is 20.5 Å².